The zero-order valence-electron chi connectivity index (χ0n) is 15.0. The highest BCUT2D eigenvalue weighted by Gasteiger charge is 2.09. The monoisotopic (exact) mass is 382 g/mol. The molecule has 0 bridgehead atoms. The lowest BCUT2D eigenvalue weighted by atomic mass is 10.1. The van der Waals surface area contributed by atoms with Crippen LogP contribution in [0.25, 0.3) is 0 Å². The Kier molecular flexibility index (Phi) is 5.88. The number of halogens is 1. The Morgan fingerprint density at radius 1 is 1.15 bits per heavy atom. The van der Waals surface area contributed by atoms with Gasteiger partial charge in [-0.15, -0.1) is 0 Å². The van der Waals surface area contributed by atoms with E-state index in [4.69, 9.17) is 16.3 Å². The van der Waals surface area contributed by atoms with Gasteiger partial charge in [-0.2, -0.15) is 0 Å². The average Bonchev–Trinajstić information content (AvgIpc) is 2.67. The lowest BCUT2D eigenvalue weighted by Crippen LogP contribution is -2.24. The minimum absolute atomic E-state index is 0.242. The van der Waals surface area contributed by atoms with Gasteiger partial charge in [-0.05, 0) is 30.7 Å². The fourth-order valence-corrected chi connectivity index (χ4v) is 2.69. The van der Waals surface area contributed by atoms with Gasteiger partial charge in [0.15, 0.2) is 0 Å². The molecule has 1 amide bonds. The first-order valence-electron chi connectivity index (χ1n) is 8.31. The maximum Gasteiger partial charge on any atom is 0.271 e. The van der Waals surface area contributed by atoms with E-state index in [0.29, 0.717) is 28.8 Å². The summed E-state index contributed by atoms with van der Waals surface area (Å²) >= 11 is 6.02. The molecule has 3 aromatic rings. The molecule has 0 unspecified atom stereocenters. The van der Waals surface area contributed by atoms with Crippen molar-refractivity contribution in [3.05, 3.63) is 76.7 Å². The number of ether oxygens (including phenoxy) is 1. The van der Waals surface area contributed by atoms with Crippen LogP contribution in [0.5, 0.6) is 5.75 Å². The standard InChI is InChI=1S/C20H19ClN4O2/c1-13-4-3-5-14(8-13)10-24-20(26)17-11-23-19(12-22-17)25-16-9-15(21)6-7-18(16)27-2/h3-9,11-12H,10H2,1-2H3,(H,23,25)(H,24,26). The van der Waals surface area contributed by atoms with Crippen LogP contribution in [0.15, 0.2) is 54.9 Å². The zero-order valence-corrected chi connectivity index (χ0v) is 15.7. The lowest BCUT2D eigenvalue weighted by molar-refractivity contribution is 0.0945. The fraction of sp³-hybridized carbons (Fsp3) is 0.150. The highest BCUT2D eigenvalue weighted by molar-refractivity contribution is 6.31. The van der Waals surface area contributed by atoms with Crippen molar-refractivity contribution in [1.82, 2.24) is 15.3 Å². The molecule has 0 aliphatic rings. The van der Waals surface area contributed by atoms with E-state index in [9.17, 15) is 4.79 Å². The van der Waals surface area contributed by atoms with Crippen LogP contribution in [0.2, 0.25) is 5.02 Å². The largest absolute Gasteiger partial charge is 0.495 e. The summed E-state index contributed by atoms with van der Waals surface area (Å²) in [5.74, 6) is 0.822. The van der Waals surface area contributed by atoms with Gasteiger partial charge in [-0.25, -0.2) is 9.97 Å². The highest BCUT2D eigenvalue weighted by atomic mass is 35.5. The molecule has 7 heteroatoms. The molecule has 2 aromatic carbocycles. The lowest BCUT2D eigenvalue weighted by Gasteiger charge is -2.11. The summed E-state index contributed by atoms with van der Waals surface area (Å²) in [4.78, 5) is 20.7. The Labute approximate surface area is 162 Å². The first-order valence-corrected chi connectivity index (χ1v) is 8.69. The van der Waals surface area contributed by atoms with Crippen molar-refractivity contribution in [2.45, 2.75) is 13.5 Å². The number of hydrogen-bond donors (Lipinski definition) is 2. The molecule has 0 saturated heterocycles. The molecule has 0 saturated carbocycles. The minimum atomic E-state index is -0.282. The predicted molar refractivity (Wildman–Crippen MR) is 106 cm³/mol. The second-order valence-corrected chi connectivity index (χ2v) is 6.36. The summed E-state index contributed by atoms with van der Waals surface area (Å²) in [5, 5.41) is 6.49. The number of anilines is 2. The summed E-state index contributed by atoms with van der Waals surface area (Å²) < 4.78 is 5.28. The van der Waals surface area contributed by atoms with E-state index in [1.54, 1.807) is 25.3 Å². The topological polar surface area (TPSA) is 76.1 Å². The number of rotatable bonds is 6. The smallest absolute Gasteiger partial charge is 0.271 e. The van der Waals surface area contributed by atoms with E-state index in [0.717, 1.165) is 11.1 Å². The molecule has 0 spiro atoms. The van der Waals surface area contributed by atoms with Crippen molar-refractivity contribution in [3.8, 4) is 5.75 Å². The van der Waals surface area contributed by atoms with Gasteiger partial charge in [0.1, 0.15) is 17.3 Å². The molecule has 2 N–H and O–H groups in total. The van der Waals surface area contributed by atoms with Gasteiger partial charge in [-0.1, -0.05) is 41.4 Å². The number of benzene rings is 2. The Balaban J connectivity index is 1.64. The Morgan fingerprint density at radius 3 is 2.70 bits per heavy atom. The third-order valence-electron chi connectivity index (χ3n) is 3.84. The number of nitrogens with one attached hydrogen (secondary N) is 2. The van der Waals surface area contributed by atoms with Gasteiger partial charge in [0, 0.05) is 11.6 Å². The number of hydrogen-bond acceptors (Lipinski definition) is 5. The van der Waals surface area contributed by atoms with Gasteiger partial charge < -0.3 is 15.4 Å². The number of amides is 1. The Hall–Kier alpha value is -3.12. The van der Waals surface area contributed by atoms with Crippen LogP contribution in [0.3, 0.4) is 0 Å². The van der Waals surface area contributed by atoms with Crippen molar-refractivity contribution in [2.75, 3.05) is 12.4 Å². The number of carbonyl (C=O) groups excluding carboxylic acids is 1. The van der Waals surface area contributed by atoms with Gasteiger partial charge in [0.25, 0.3) is 5.91 Å². The molecular formula is C20H19ClN4O2. The maximum atomic E-state index is 12.2. The summed E-state index contributed by atoms with van der Waals surface area (Å²) in [6, 6.07) is 13.2. The maximum absolute atomic E-state index is 12.2. The van der Waals surface area contributed by atoms with Gasteiger partial charge in [0.2, 0.25) is 0 Å². The number of carbonyl (C=O) groups is 1. The Morgan fingerprint density at radius 2 is 2.00 bits per heavy atom. The summed E-state index contributed by atoms with van der Waals surface area (Å²) in [6.07, 6.45) is 2.91. The van der Waals surface area contributed by atoms with Crippen LogP contribution in [-0.4, -0.2) is 23.0 Å². The van der Waals surface area contributed by atoms with Crippen LogP contribution in [0, 0.1) is 6.92 Å². The van der Waals surface area contributed by atoms with E-state index < -0.39 is 0 Å². The van der Waals surface area contributed by atoms with E-state index in [1.165, 1.54) is 12.4 Å². The normalized spacial score (nSPS) is 10.3. The van der Waals surface area contributed by atoms with Crippen molar-refractivity contribution in [2.24, 2.45) is 0 Å². The molecule has 27 heavy (non-hydrogen) atoms. The Bertz CT molecular complexity index is 945. The third kappa shape index (κ3) is 4.95. The molecule has 6 nitrogen and oxygen atoms in total. The first-order chi connectivity index (χ1) is 13.0. The number of aromatic nitrogens is 2. The van der Waals surface area contributed by atoms with Gasteiger partial charge >= 0.3 is 0 Å². The SMILES string of the molecule is COc1ccc(Cl)cc1Nc1cnc(C(=O)NCc2cccc(C)c2)cn1. The van der Waals surface area contributed by atoms with Crippen molar-refractivity contribution in [1.29, 1.82) is 0 Å². The molecule has 0 aliphatic carbocycles. The molecule has 138 valence electrons. The van der Waals surface area contributed by atoms with Crippen LogP contribution in [-0.2, 0) is 6.54 Å². The first kappa shape index (κ1) is 18.7. The number of aryl methyl sites for hydroxylation is 1. The minimum Gasteiger partial charge on any atom is -0.495 e. The van der Waals surface area contributed by atoms with Crippen molar-refractivity contribution >= 4 is 29.0 Å². The van der Waals surface area contributed by atoms with E-state index in [1.807, 2.05) is 31.2 Å². The van der Waals surface area contributed by atoms with Crippen molar-refractivity contribution < 1.29 is 9.53 Å². The van der Waals surface area contributed by atoms with Gasteiger partial charge in [-0.3, -0.25) is 4.79 Å². The van der Waals surface area contributed by atoms with Crippen LogP contribution in [0.4, 0.5) is 11.5 Å². The predicted octanol–water partition coefficient (Wildman–Crippen LogP) is 4.12. The van der Waals surface area contributed by atoms with Gasteiger partial charge in [0.05, 0.1) is 25.2 Å². The molecule has 0 radical (unpaired) electrons. The molecule has 3 rings (SSSR count). The summed E-state index contributed by atoms with van der Waals surface area (Å²) in [5.41, 5.74) is 3.08. The van der Waals surface area contributed by atoms with Crippen LogP contribution < -0.4 is 15.4 Å². The number of methoxy groups -OCH3 is 1. The summed E-state index contributed by atoms with van der Waals surface area (Å²) in [7, 11) is 1.57. The second-order valence-electron chi connectivity index (χ2n) is 5.93. The average molecular weight is 383 g/mol. The molecule has 1 aromatic heterocycles. The molecule has 0 fully saturated rings. The fourth-order valence-electron chi connectivity index (χ4n) is 2.52. The quantitative estimate of drug-likeness (QED) is 0.670. The summed E-state index contributed by atoms with van der Waals surface area (Å²) in [6.45, 7) is 2.44. The van der Waals surface area contributed by atoms with E-state index in [2.05, 4.69) is 20.6 Å². The zero-order chi connectivity index (χ0) is 19.2. The van der Waals surface area contributed by atoms with E-state index in [-0.39, 0.29) is 11.6 Å². The second kappa shape index (κ2) is 8.51. The molecule has 1 heterocycles. The molecule has 0 aliphatic heterocycles. The third-order valence-corrected chi connectivity index (χ3v) is 4.08. The van der Waals surface area contributed by atoms with E-state index >= 15 is 0 Å². The van der Waals surface area contributed by atoms with Crippen molar-refractivity contribution in [3.63, 3.8) is 0 Å². The van der Waals surface area contributed by atoms with Crippen LogP contribution >= 0.6 is 11.6 Å². The number of nitrogens with zero attached hydrogens (tertiary/aromatic N) is 2. The molecule has 0 atom stereocenters. The van der Waals surface area contributed by atoms with Crippen LogP contribution in [0.1, 0.15) is 21.6 Å². The molecular weight excluding hydrogens is 364 g/mol. The highest BCUT2D eigenvalue weighted by Crippen LogP contribution is 2.29.